The number of nitrogens with zero attached hydrogens (tertiary/aromatic N) is 2. The molecule has 0 spiro atoms. The van der Waals surface area contributed by atoms with Gasteiger partial charge in [-0.1, -0.05) is 0 Å². The first-order chi connectivity index (χ1) is 9.25. The molecule has 1 aromatic rings. The molecular formula is C14H17FN2O2. The van der Waals surface area contributed by atoms with Crippen LogP contribution in [0.4, 0.5) is 10.2 Å². The minimum Gasteiger partial charge on any atom is -0.381 e. The SMILES string of the molecule is O=C(C1CC1)N(c1ccc(F)cn1)C1CCOCC1. The fourth-order valence-electron chi connectivity index (χ4n) is 2.46. The number of rotatable bonds is 3. The van der Waals surface area contributed by atoms with Gasteiger partial charge in [0.1, 0.15) is 11.6 Å². The van der Waals surface area contributed by atoms with Gasteiger partial charge in [-0.2, -0.15) is 0 Å². The molecule has 1 saturated carbocycles. The van der Waals surface area contributed by atoms with Crippen LogP contribution in [-0.4, -0.2) is 30.1 Å². The Hall–Kier alpha value is -1.49. The van der Waals surface area contributed by atoms with Gasteiger partial charge in [-0.25, -0.2) is 9.37 Å². The molecule has 1 aromatic heterocycles. The Morgan fingerprint density at radius 2 is 2.00 bits per heavy atom. The molecule has 2 fully saturated rings. The second-order valence-electron chi connectivity index (χ2n) is 5.16. The third-order valence-electron chi connectivity index (χ3n) is 3.68. The van der Waals surface area contributed by atoms with Gasteiger partial charge in [0, 0.05) is 25.2 Å². The smallest absolute Gasteiger partial charge is 0.231 e. The summed E-state index contributed by atoms with van der Waals surface area (Å²) in [5.41, 5.74) is 0. The van der Waals surface area contributed by atoms with Gasteiger partial charge in [0.05, 0.1) is 6.20 Å². The van der Waals surface area contributed by atoms with E-state index in [0.717, 1.165) is 25.7 Å². The van der Waals surface area contributed by atoms with Crippen molar-refractivity contribution in [2.75, 3.05) is 18.1 Å². The van der Waals surface area contributed by atoms with Crippen LogP contribution in [0.1, 0.15) is 25.7 Å². The zero-order valence-electron chi connectivity index (χ0n) is 10.7. The first-order valence-electron chi connectivity index (χ1n) is 6.78. The van der Waals surface area contributed by atoms with E-state index in [1.54, 1.807) is 11.0 Å². The fourth-order valence-corrected chi connectivity index (χ4v) is 2.46. The number of hydrogen-bond acceptors (Lipinski definition) is 3. The number of anilines is 1. The van der Waals surface area contributed by atoms with Crippen LogP contribution in [-0.2, 0) is 9.53 Å². The summed E-state index contributed by atoms with van der Waals surface area (Å²) in [6.45, 7) is 1.33. The molecule has 1 aliphatic heterocycles. The van der Waals surface area contributed by atoms with Crippen LogP contribution in [0, 0.1) is 11.7 Å². The number of aromatic nitrogens is 1. The second kappa shape index (κ2) is 5.25. The number of hydrogen-bond donors (Lipinski definition) is 0. The number of halogens is 1. The maximum absolute atomic E-state index is 13.0. The monoisotopic (exact) mass is 264 g/mol. The average Bonchev–Trinajstić information content (AvgIpc) is 3.27. The standard InChI is InChI=1S/C14H17FN2O2/c15-11-3-4-13(16-9-11)17(14(18)10-1-2-10)12-5-7-19-8-6-12/h3-4,9-10,12H,1-2,5-8H2. The third kappa shape index (κ3) is 2.76. The summed E-state index contributed by atoms with van der Waals surface area (Å²) in [4.78, 5) is 18.3. The van der Waals surface area contributed by atoms with Gasteiger partial charge < -0.3 is 4.74 Å². The lowest BCUT2D eigenvalue weighted by molar-refractivity contribution is -0.120. The summed E-state index contributed by atoms with van der Waals surface area (Å²) < 4.78 is 18.3. The van der Waals surface area contributed by atoms with Crippen molar-refractivity contribution in [2.24, 2.45) is 5.92 Å². The van der Waals surface area contributed by atoms with Crippen molar-refractivity contribution in [3.63, 3.8) is 0 Å². The molecule has 0 N–H and O–H groups in total. The van der Waals surface area contributed by atoms with Crippen molar-refractivity contribution in [3.8, 4) is 0 Å². The molecule has 3 rings (SSSR count). The lowest BCUT2D eigenvalue weighted by atomic mass is 10.1. The maximum Gasteiger partial charge on any atom is 0.231 e. The van der Waals surface area contributed by atoms with E-state index in [2.05, 4.69) is 4.98 Å². The zero-order valence-corrected chi connectivity index (χ0v) is 10.7. The molecule has 0 bridgehead atoms. The number of ether oxygens (including phenoxy) is 1. The van der Waals surface area contributed by atoms with Crippen LogP contribution >= 0.6 is 0 Å². The van der Waals surface area contributed by atoms with Gasteiger partial charge in [-0.15, -0.1) is 0 Å². The number of amides is 1. The van der Waals surface area contributed by atoms with Gasteiger partial charge in [0.25, 0.3) is 0 Å². The predicted octanol–water partition coefficient (Wildman–Crippen LogP) is 2.14. The highest BCUT2D eigenvalue weighted by Crippen LogP contribution is 2.34. The maximum atomic E-state index is 13.0. The number of carbonyl (C=O) groups is 1. The lowest BCUT2D eigenvalue weighted by Gasteiger charge is -2.33. The van der Waals surface area contributed by atoms with Gasteiger partial charge in [0.2, 0.25) is 5.91 Å². The molecule has 19 heavy (non-hydrogen) atoms. The molecule has 2 aliphatic rings. The fraction of sp³-hybridized carbons (Fsp3) is 0.571. The van der Waals surface area contributed by atoms with Crippen LogP contribution in [0.25, 0.3) is 0 Å². The third-order valence-corrected chi connectivity index (χ3v) is 3.68. The van der Waals surface area contributed by atoms with Gasteiger partial charge in [-0.05, 0) is 37.8 Å². The average molecular weight is 264 g/mol. The summed E-state index contributed by atoms with van der Waals surface area (Å²) in [6, 6.07) is 3.07. The second-order valence-corrected chi connectivity index (χ2v) is 5.16. The highest BCUT2D eigenvalue weighted by molar-refractivity contribution is 5.96. The Morgan fingerprint density at radius 3 is 2.58 bits per heavy atom. The van der Waals surface area contributed by atoms with E-state index in [9.17, 15) is 9.18 Å². The van der Waals surface area contributed by atoms with Crippen LogP contribution < -0.4 is 4.90 Å². The molecule has 1 saturated heterocycles. The quantitative estimate of drug-likeness (QED) is 0.840. The largest absolute Gasteiger partial charge is 0.381 e. The van der Waals surface area contributed by atoms with Crippen LogP contribution in [0.5, 0.6) is 0 Å². The van der Waals surface area contributed by atoms with Gasteiger partial charge in [-0.3, -0.25) is 9.69 Å². The Kier molecular flexibility index (Phi) is 3.46. The Labute approximate surface area is 111 Å². The Morgan fingerprint density at radius 1 is 1.26 bits per heavy atom. The molecule has 1 amide bonds. The summed E-state index contributed by atoms with van der Waals surface area (Å²) in [6.07, 6.45) is 4.72. The molecule has 4 nitrogen and oxygen atoms in total. The number of pyridine rings is 1. The van der Waals surface area contributed by atoms with Crippen molar-refractivity contribution in [2.45, 2.75) is 31.7 Å². The van der Waals surface area contributed by atoms with E-state index >= 15 is 0 Å². The van der Waals surface area contributed by atoms with E-state index < -0.39 is 0 Å². The highest BCUT2D eigenvalue weighted by Gasteiger charge is 2.38. The molecule has 1 aliphatic carbocycles. The molecule has 0 aromatic carbocycles. The van der Waals surface area contributed by atoms with Gasteiger partial charge in [0.15, 0.2) is 0 Å². The van der Waals surface area contributed by atoms with E-state index in [0.29, 0.717) is 19.0 Å². The normalized spacial score (nSPS) is 20.3. The van der Waals surface area contributed by atoms with Crippen molar-refractivity contribution in [1.29, 1.82) is 0 Å². The van der Waals surface area contributed by atoms with Crippen molar-refractivity contribution in [1.82, 2.24) is 4.98 Å². The molecule has 5 heteroatoms. The number of carbonyl (C=O) groups excluding carboxylic acids is 1. The van der Waals surface area contributed by atoms with E-state index in [4.69, 9.17) is 4.74 Å². The lowest BCUT2D eigenvalue weighted by Crippen LogP contribution is -2.45. The van der Waals surface area contributed by atoms with Crippen LogP contribution in [0.15, 0.2) is 18.3 Å². The molecule has 0 atom stereocenters. The van der Waals surface area contributed by atoms with E-state index in [1.807, 2.05) is 0 Å². The summed E-state index contributed by atoms with van der Waals surface area (Å²) in [5.74, 6) is 0.445. The van der Waals surface area contributed by atoms with Crippen LogP contribution in [0.3, 0.4) is 0 Å². The Balaban J connectivity index is 1.86. The van der Waals surface area contributed by atoms with Gasteiger partial charge >= 0.3 is 0 Å². The summed E-state index contributed by atoms with van der Waals surface area (Å²) in [5, 5.41) is 0. The van der Waals surface area contributed by atoms with E-state index in [-0.39, 0.29) is 23.7 Å². The molecule has 0 radical (unpaired) electrons. The molecule has 2 heterocycles. The predicted molar refractivity (Wildman–Crippen MR) is 68.2 cm³/mol. The Bertz CT molecular complexity index is 453. The van der Waals surface area contributed by atoms with Crippen molar-refractivity contribution in [3.05, 3.63) is 24.1 Å². The van der Waals surface area contributed by atoms with Crippen LogP contribution in [0.2, 0.25) is 0 Å². The molecule has 0 unspecified atom stereocenters. The summed E-state index contributed by atoms with van der Waals surface area (Å²) in [7, 11) is 0. The topological polar surface area (TPSA) is 42.4 Å². The first-order valence-corrected chi connectivity index (χ1v) is 6.78. The molecule has 102 valence electrons. The molecular weight excluding hydrogens is 247 g/mol. The zero-order chi connectivity index (χ0) is 13.2. The minimum atomic E-state index is -0.380. The van der Waals surface area contributed by atoms with E-state index in [1.165, 1.54) is 12.3 Å². The summed E-state index contributed by atoms with van der Waals surface area (Å²) >= 11 is 0. The first kappa shape index (κ1) is 12.5. The minimum absolute atomic E-state index is 0.125. The van der Waals surface area contributed by atoms with Crippen molar-refractivity contribution < 1.29 is 13.9 Å². The van der Waals surface area contributed by atoms with Crippen molar-refractivity contribution >= 4 is 11.7 Å². The highest BCUT2D eigenvalue weighted by atomic mass is 19.1.